The fraction of sp³-hybridized carbons (Fsp3) is 0.455. The van der Waals surface area contributed by atoms with Crippen molar-refractivity contribution in [2.45, 2.75) is 0 Å². The second kappa shape index (κ2) is 7.97. The summed E-state index contributed by atoms with van der Waals surface area (Å²) in [5.74, 6) is -0.0384. The van der Waals surface area contributed by atoms with Crippen molar-refractivity contribution < 1.29 is 20.0 Å². The zero-order chi connectivity index (χ0) is 15.8. The van der Waals surface area contributed by atoms with Crippen LogP contribution in [0.5, 0.6) is 0 Å². The van der Waals surface area contributed by atoms with Gasteiger partial charge in [-0.25, -0.2) is 4.98 Å². The molecule has 1 rings (SSSR count). The summed E-state index contributed by atoms with van der Waals surface area (Å²) in [6, 6.07) is 1.16. The lowest BCUT2D eigenvalue weighted by Crippen LogP contribution is -2.33. The quantitative estimate of drug-likeness (QED) is 0.192. The molecule has 0 radical (unpaired) electrons. The monoisotopic (exact) mass is 299 g/mol. The third-order valence-electron chi connectivity index (χ3n) is 2.68. The minimum atomic E-state index is -0.629. The summed E-state index contributed by atoms with van der Waals surface area (Å²) >= 11 is 0. The van der Waals surface area contributed by atoms with Gasteiger partial charge in [-0.1, -0.05) is 5.16 Å². The van der Waals surface area contributed by atoms with Crippen LogP contribution in [0.4, 0.5) is 11.5 Å². The number of anilines is 1. The van der Waals surface area contributed by atoms with Crippen LogP contribution < -0.4 is 10.6 Å². The lowest BCUT2D eigenvalue weighted by molar-refractivity contribution is -0.385. The molecule has 1 heterocycles. The molecular weight excluding hydrogens is 282 g/mol. The highest BCUT2D eigenvalue weighted by Crippen LogP contribution is 2.22. The van der Waals surface area contributed by atoms with E-state index < -0.39 is 4.92 Å². The summed E-state index contributed by atoms with van der Waals surface area (Å²) in [5, 5.41) is 31.5. The fourth-order valence-electron chi connectivity index (χ4n) is 1.69. The van der Waals surface area contributed by atoms with Crippen LogP contribution in [0.2, 0.25) is 0 Å². The fourth-order valence-corrected chi connectivity index (χ4v) is 1.69. The van der Waals surface area contributed by atoms with E-state index in [4.69, 9.17) is 20.8 Å². The molecule has 0 atom stereocenters. The summed E-state index contributed by atoms with van der Waals surface area (Å²) in [7, 11) is 1.52. The summed E-state index contributed by atoms with van der Waals surface area (Å²) in [6.07, 6.45) is 1.07. The van der Waals surface area contributed by atoms with Gasteiger partial charge in [0.1, 0.15) is 12.0 Å². The molecule has 4 N–H and O–H groups in total. The molecule has 0 bridgehead atoms. The maximum Gasteiger partial charge on any atom is 0.288 e. The Morgan fingerprint density at radius 3 is 2.86 bits per heavy atom. The van der Waals surface area contributed by atoms with Crippen molar-refractivity contribution in [3.8, 4) is 0 Å². The predicted octanol–water partition coefficient (Wildman–Crippen LogP) is -0.471. The van der Waals surface area contributed by atoms with E-state index in [1.807, 2.05) is 0 Å². The zero-order valence-electron chi connectivity index (χ0n) is 11.5. The van der Waals surface area contributed by atoms with E-state index in [1.165, 1.54) is 7.11 Å². The SMILES string of the molecule is COCCN(CCO)c1ncc([N+](=O)[O-])cc1C(N)=NO. The van der Waals surface area contributed by atoms with Gasteiger partial charge in [0.2, 0.25) is 0 Å². The van der Waals surface area contributed by atoms with Gasteiger partial charge in [-0.2, -0.15) is 0 Å². The normalized spacial score (nSPS) is 11.4. The minimum absolute atomic E-state index is 0.108. The van der Waals surface area contributed by atoms with Crippen LogP contribution in [-0.2, 0) is 4.74 Å². The number of oxime groups is 1. The van der Waals surface area contributed by atoms with Gasteiger partial charge in [0, 0.05) is 26.3 Å². The van der Waals surface area contributed by atoms with Gasteiger partial charge in [-0.05, 0) is 0 Å². The molecule has 21 heavy (non-hydrogen) atoms. The molecule has 1 aromatic rings. The molecule has 0 unspecified atom stereocenters. The first kappa shape index (κ1) is 16.6. The van der Waals surface area contributed by atoms with E-state index >= 15 is 0 Å². The number of aromatic nitrogens is 1. The molecule has 0 aliphatic heterocycles. The van der Waals surface area contributed by atoms with E-state index in [2.05, 4.69) is 10.1 Å². The maximum absolute atomic E-state index is 10.8. The van der Waals surface area contributed by atoms with Crippen molar-refractivity contribution in [3.05, 3.63) is 27.9 Å². The summed E-state index contributed by atoms with van der Waals surface area (Å²) in [4.78, 5) is 15.8. The standard InChI is InChI=1S/C11H17N5O5/c1-21-5-3-15(2-4-17)11-9(10(12)14-18)6-8(7-13-11)16(19)20/h6-7,17-18H,2-5H2,1H3,(H2,12,14). The van der Waals surface area contributed by atoms with Crippen LogP contribution in [-0.4, -0.2) is 59.5 Å². The average molecular weight is 299 g/mol. The number of hydrogen-bond acceptors (Lipinski definition) is 8. The molecule has 0 saturated heterocycles. The van der Waals surface area contributed by atoms with Crippen molar-refractivity contribution in [3.63, 3.8) is 0 Å². The summed E-state index contributed by atoms with van der Waals surface area (Å²) in [6.45, 7) is 0.805. The van der Waals surface area contributed by atoms with Crippen molar-refractivity contribution in [2.75, 3.05) is 38.3 Å². The molecule has 0 aliphatic rings. The second-order valence-electron chi connectivity index (χ2n) is 4.01. The number of amidine groups is 1. The Balaban J connectivity index is 3.27. The third kappa shape index (κ3) is 4.26. The van der Waals surface area contributed by atoms with E-state index in [0.717, 1.165) is 12.3 Å². The molecule has 0 amide bonds. The Bertz CT molecular complexity index is 522. The van der Waals surface area contributed by atoms with Crippen molar-refractivity contribution in [1.29, 1.82) is 0 Å². The molecule has 0 saturated carbocycles. The zero-order valence-corrected chi connectivity index (χ0v) is 11.5. The Hall–Kier alpha value is -2.46. The number of hydrogen-bond donors (Lipinski definition) is 3. The minimum Gasteiger partial charge on any atom is -0.409 e. The van der Waals surface area contributed by atoms with Gasteiger partial charge in [0.15, 0.2) is 5.84 Å². The van der Waals surface area contributed by atoms with Crippen molar-refractivity contribution in [1.82, 2.24) is 4.98 Å². The molecule has 116 valence electrons. The second-order valence-corrected chi connectivity index (χ2v) is 4.01. The molecule has 0 aliphatic carbocycles. The summed E-state index contributed by atoms with van der Waals surface area (Å²) in [5.41, 5.74) is 5.37. The highest BCUT2D eigenvalue weighted by atomic mass is 16.6. The van der Waals surface area contributed by atoms with Gasteiger partial charge in [-0.3, -0.25) is 10.1 Å². The highest BCUT2D eigenvalue weighted by Gasteiger charge is 2.19. The molecule has 0 spiro atoms. The van der Waals surface area contributed by atoms with Gasteiger partial charge in [0.25, 0.3) is 5.69 Å². The lowest BCUT2D eigenvalue weighted by Gasteiger charge is -2.24. The van der Waals surface area contributed by atoms with Crippen LogP contribution in [0.25, 0.3) is 0 Å². The third-order valence-corrected chi connectivity index (χ3v) is 2.68. The van der Waals surface area contributed by atoms with E-state index in [1.54, 1.807) is 4.90 Å². The van der Waals surface area contributed by atoms with Gasteiger partial charge >= 0.3 is 0 Å². The Kier molecular flexibility index (Phi) is 6.30. The number of methoxy groups -OCH3 is 1. The Morgan fingerprint density at radius 2 is 2.33 bits per heavy atom. The van der Waals surface area contributed by atoms with Gasteiger partial charge < -0.3 is 25.7 Å². The van der Waals surface area contributed by atoms with Gasteiger partial charge in [0.05, 0.1) is 23.7 Å². The number of nitrogens with two attached hydrogens (primary N) is 1. The Labute approximate surface area is 120 Å². The van der Waals surface area contributed by atoms with Crippen LogP contribution in [0.15, 0.2) is 17.4 Å². The molecule has 10 nitrogen and oxygen atoms in total. The van der Waals surface area contributed by atoms with Crippen LogP contribution in [0, 0.1) is 10.1 Å². The number of nitrogens with zero attached hydrogens (tertiary/aromatic N) is 4. The molecule has 0 aromatic carbocycles. The molecule has 1 aromatic heterocycles. The first-order chi connectivity index (χ1) is 10.0. The van der Waals surface area contributed by atoms with Crippen LogP contribution in [0.3, 0.4) is 0 Å². The lowest BCUT2D eigenvalue weighted by atomic mass is 10.2. The van der Waals surface area contributed by atoms with Gasteiger partial charge in [-0.15, -0.1) is 0 Å². The average Bonchev–Trinajstić information content (AvgIpc) is 2.50. The largest absolute Gasteiger partial charge is 0.409 e. The van der Waals surface area contributed by atoms with Crippen molar-refractivity contribution >= 4 is 17.3 Å². The smallest absolute Gasteiger partial charge is 0.288 e. The van der Waals surface area contributed by atoms with E-state index in [-0.39, 0.29) is 36.1 Å². The first-order valence-electron chi connectivity index (χ1n) is 6.02. The predicted molar refractivity (Wildman–Crippen MR) is 74.6 cm³/mol. The number of rotatable bonds is 8. The molecule has 0 fully saturated rings. The molecular formula is C11H17N5O5. The Morgan fingerprint density at radius 1 is 1.62 bits per heavy atom. The summed E-state index contributed by atoms with van der Waals surface area (Å²) < 4.78 is 4.96. The van der Waals surface area contributed by atoms with Crippen molar-refractivity contribution in [2.24, 2.45) is 10.9 Å². The maximum atomic E-state index is 10.8. The van der Waals surface area contributed by atoms with E-state index in [9.17, 15) is 10.1 Å². The number of ether oxygens (including phenoxy) is 1. The first-order valence-corrected chi connectivity index (χ1v) is 6.02. The van der Waals surface area contributed by atoms with Crippen LogP contribution >= 0.6 is 0 Å². The highest BCUT2D eigenvalue weighted by molar-refractivity contribution is 6.01. The molecule has 10 heteroatoms. The van der Waals surface area contributed by atoms with Crippen LogP contribution in [0.1, 0.15) is 5.56 Å². The topological polar surface area (TPSA) is 147 Å². The number of nitro groups is 1. The number of aliphatic hydroxyl groups is 1. The number of pyridine rings is 1. The van der Waals surface area contributed by atoms with E-state index in [0.29, 0.717) is 13.2 Å². The number of aliphatic hydroxyl groups excluding tert-OH is 1.